The van der Waals surface area contributed by atoms with Crippen LogP contribution in [-0.2, 0) is 35.2 Å². The molecule has 270 valence electrons. The standard InChI is InChI=1S/C35H47N7O8/c1-18(2)15-25-31(45)36-21(6)30(44)42-29(19(3)4)33(47)40-27(34(48)49)17-28(43)38-26(32(46)39-25)16-22-11-13-23(14-12-22)37-35(50)41-24-10-8-7-9-20(24)5/h7-14,18-19,21,25-27,29H,15-17H2,1-6H3,(H,36,45)(H,38,43)(H,39,46)(H,40,47)(H,42,44)(H,48,49)(H2,37,41,50)/t21-,25-,26-,27-,29-/m0/s1. The minimum absolute atomic E-state index is 0.0535. The van der Waals surface area contributed by atoms with Gasteiger partial charge < -0.3 is 42.3 Å². The van der Waals surface area contributed by atoms with Crippen LogP contribution in [0, 0.1) is 18.8 Å². The highest BCUT2D eigenvalue weighted by atomic mass is 16.4. The minimum atomic E-state index is -1.67. The third-order valence-electron chi connectivity index (χ3n) is 8.04. The van der Waals surface area contributed by atoms with Crippen LogP contribution in [0.2, 0.25) is 0 Å². The molecular weight excluding hydrogens is 646 g/mol. The number of benzene rings is 2. The number of hydrogen-bond donors (Lipinski definition) is 8. The Labute approximate surface area is 291 Å². The monoisotopic (exact) mass is 693 g/mol. The van der Waals surface area contributed by atoms with E-state index in [1.165, 1.54) is 6.92 Å². The van der Waals surface area contributed by atoms with E-state index in [1.807, 2.05) is 32.9 Å². The fourth-order valence-corrected chi connectivity index (χ4v) is 5.24. The molecule has 15 nitrogen and oxygen atoms in total. The number of aryl methyl sites for hydroxylation is 1. The lowest BCUT2D eigenvalue weighted by Crippen LogP contribution is -2.60. The summed E-state index contributed by atoms with van der Waals surface area (Å²) in [5.74, 6) is -5.74. The SMILES string of the molecule is Cc1ccccc1NC(=O)Nc1ccc(C[C@@H]2NC(=O)C[C@@H](C(=O)O)NC(=O)[C@H](C(C)C)NC(=O)[C@H](C)NC(=O)[C@H](CC(C)C)NC2=O)cc1. The van der Waals surface area contributed by atoms with Crippen LogP contribution >= 0.6 is 0 Å². The average Bonchev–Trinajstić information content (AvgIpc) is 3.03. The molecule has 0 saturated carbocycles. The van der Waals surface area contributed by atoms with E-state index in [4.69, 9.17) is 0 Å². The fraction of sp³-hybridized carbons (Fsp3) is 0.457. The Hall–Kier alpha value is -5.47. The van der Waals surface area contributed by atoms with Gasteiger partial charge in [0.15, 0.2) is 0 Å². The maximum Gasteiger partial charge on any atom is 0.326 e. The van der Waals surface area contributed by atoms with Crippen molar-refractivity contribution in [3.63, 3.8) is 0 Å². The Morgan fingerprint density at radius 3 is 2.02 bits per heavy atom. The van der Waals surface area contributed by atoms with Crippen molar-refractivity contribution >= 4 is 52.9 Å². The molecule has 8 N–H and O–H groups in total. The highest BCUT2D eigenvalue weighted by molar-refractivity contribution is 6.00. The molecule has 50 heavy (non-hydrogen) atoms. The Bertz CT molecular complexity index is 1580. The van der Waals surface area contributed by atoms with Crippen LogP contribution in [0.1, 0.15) is 58.6 Å². The van der Waals surface area contributed by atoms with Gasteiger partial charge in [0.05, 0.1) is 6.42 Å². The molecule has 0 radical (unpaired) electrons. The topological polar surface area (TPSA) is 224 Å². The molecule has 1 fully saturated rings. The zero-order valence-electron chi connectivity index (χ0n) is 29.1. The van der Waals surface area contributed by atoms with Crippen LogP contribution in [0.25, 0.3) is 0 Å². The van der Waals surface area contributed by atoms with Crippen LogP contribution < -0.4 is 37.2 Å². The number of anilines is 2. The van der Waals surface area contributed by atoms with Gasteiger partial charge in [0.25, 0.3) is 0 Å². The summed E-state index contributed by atoms with van der Waals surface area (Å²) >= 11 is 0. The normalized spacial score (nSPS) is 22.5. The number of carbonyl (C=O) groups excluding carboxylic acids is 6. The number of hydrogen-bond acceptors (Lipinski definition) is 7. The molecule has 7 amide bonds. The number of carboxylic acids is 1. The molecule has 1 aliphatic heterocycles. The van der Waals surface area contributed by atoms with Gasteiger partial charge in [-0.25, -0.2) is 9.59 Å². The van der Waals surface area contributed by atoms with Crippen molar-refractivity contribution in [1.29, 1.82) is 0 Å². The molecular formula is C35H47N7O8. The zero-order valence-corrected chi connectivity index (χ0v) is 29.1. The van der Waals surface area contributed by atoms with Crippen molar-refractivity contribution in [1.82, 2.24) is 26.6 Å². The van der Waals surface area contributed by atoms with Gasteiger partial charge in [0.2, 0.25) is 29.5 Å². The smallest absolute Gasteiger partial charge is 0.326 e. The largest absolute Gasteiger partial charge is 0.480 e. The summed E-state index contributed by atoms with van der Waals surface area (Å²) in [6.45, 7) is 10.3. The Balaban J connectivity index is 1.88. The Morgan fingerprint density at radius 2 is 1.42 bits per heavy atom. The second-order valence-electron chi connectivity index (χ2n) is 13.2. The van der Waals surface area contributed by atoms with Crippen LogP contribution in [-0.4, -0.2) is 76.9 Å². The molecule has 3 rings (SSSR count). The first kappa shape index (κ1) is 39.0. The van der Waals surface area contributed by atoms with Crippen molar-refractivity contribution in [2.24, 2.45) is 11.8 Å². The van der Waals surface area contributed by atoms with Gasteiger partial charge in [-0.1, -0.05) is 58.0 Å². The lowest BCUT2D eigenvalue weighted by atomic mass is 9.99. The molecule has 1 aliphatic rings. The summed E-state index contributed by atoms with van der Waals surface area (Å²) in [4.78, 5) is 91.0. The molecule has 1 heterocycles. The van der Waals surface area contributed by atoms with Crippen molar-refractivity contribution in [2.75, 3.05) is 10.6 Å². The van der Waals surface area contributed by atoms with Crippen LogP contribution in [0.4, 0.5) is 16.2 Å². The summed E-state index contributed by atoms with van der Waals surface area (Å²) in [6, 6.07) is 7.07. The van der Waals surface area contributed by atoms with E-state index in [1.54, 1.807) is 50.2 Å². The van der Waals surface area contributed by atoms with Crippen LogP contribution in [0.5, 0.6) is 0 Å². The summed E-state index contributed by atoms with van der Waals surface area (Å²) in [5, 5.41) is 28.0. The quantitative estimate of drug-likeness (QED) is 0.203. The molecule has 2 aromatic rings. The second-order valence-corrected chi connectivity index (χ2v) is 13.2. The molecule has 0 bridgehead atoms. The number of carbonyl (C=O) groups is 7. The molecule has 0 spiro atoms. The maximum absolute atomic E-state index is 13.7. The van der Waals surface area contributed by atoms with E-state index < -0.39 is 84.1 Å². The van der Waals surface area contributed by atoms with E-state index in [0.29, 0.717) is 16.9 Å². The summed E-state index contributed by atoms with van der Waals surface area (Å²) in [7, 11) is 0. The van der Waals surface area contributed by atoms with Gasteiger partial charge in [0, 0.05) is 17.8 Å². The van der Waals surface area contributed by atoms with E-state index >= 15 is 0 Å². The summed E-state index contributed by atoms with van der Waals surface area (Å²) < 4.78 is 0. The average molecular weight is 694 g/mol. The number of carboxylic acid groups (broad SMARTS) is 1. The van der Waals surface area contributed by atoms with Crippen molar-refractivity contribution in [3.8, 4) is 0 Å². The lowest BCUT2D eigenvalue weighted by molar-refractivity contribution is -0.144. The number of urea groups is 1. The molecule has 2 aromatic carbocycles. The van der Waals surface area contributed by atoms with E-state index in [2.05, 4.69) is 37.2 Å². The van der Waals surface area contributed by atoms with Crippen molar-refractivity contribution < 1.29 is 38.7 Å². The fourth-order valence-electron chi connectivity index (χ4n) is 5.24. The third kappa shape index (κ3) is 11.6. The van der Waals surface area contributed by atoms with E-state index in [-0.39, 0.29) is 18.8 Å². The van der Waals surface area contributed by atoms with E-state index in [9.17, 15) is 38.7 Å². The maximum atomic E-state index is 13.7. The first-order chi connectivity index (χ1) is 23.5. The highest BCUT2D eigenvalue weighted by Gasteiger charge is 2.34. The molecule has 0 aromatic heterocycles. The van der Waals surface area contributed by atoms with Gasteiger partial charge in [-0.15, -0.1) is 0 Å². The number of nitrogens with one attached hydrogen (secondary N) is 7. The third-order valence-corrected chi connectivity index (χ3v) is 8.04. The predicted molar refractivity (Wildman–Crippen MR) is 186 cm³/mol. The van der Waals surface area contributed by atoms with Gasteiger partial charge in [0.1, 0.15) is 30.2 Å². The second kappa shape index (κ2) is 17.8. The van der Waals surface area contributed by atoms with Gasteiger partial charge in [-0.2, -0.15) is 0 Å². The lowest BCUT2D eigenvalue weighted by Gasteiger charge is -2.28. The Morgan fingerprint density at radius 1 is 0.780 bits per heavy atom. The van der Waals surface area contributed by atoms with Gasteiger partial charge in [-0.05, 0) is 61.4 Å². The van der Waals surface area contributed by atoms with Gasteiger partial charge in [-0.3, -0.25) is 24.0 Å². The molecule has 15 heteroatoms. The number of amides is 7. The first-order valence-corrected chi connectivity index (χ1v) is 16.5. The number of aliphatic carboxylic acids is 1. The van der Waals surface area contributed by atoms with E-state index in [0.717, 1.165) is 5.56 Å². The minimum Gasteiger partial charge on any atom is -0.480 e. The molecule has 5 atom stereocenters. The zero-order chi connectivity index (χ0) is 37.1. The molecule has 0 unspecified atom stereocenters. The summed E-state index contributed by atoms with van der Waals surface area (Å²) in [5.41, 5.74) is 2.56. The van der Waals surface area contributed by atoms with Crippen molar-refractivity contribution in [3.05, 3.63) is 59.7 Å². The molecule has 1 saturated heterocycles. The number of para-hydroxylation sites is 1. The van der Waals surface area contributed by atoms with Gasteiger partial charge >= 0.3 is 12.0 Å². The summed E-state index contributed by atoms with van der Waals surface area (Å²) in [6.07, 6.45) is -0.577. The highest BCUT2D eigenvalue weighted by Crippen LogP contribution is 2.16. The number of rotatable bonds is 8. The van der Waals surface area contributed by atoms with Crippen LogP contribution in [0.15, 0.2) is 48.5 Å². The predicted octanol–water partition coefficient (Wildman–Crippen LogP) is 1.82. The first-order valence-electron chi connectivity index (χ1n) is 16.5. The van der Waals surface area contributed by atoms with Crippen molar-refractivity contribution in [2.45, 2.75) is 91.0 Å². The molecule has 0 aliphatic carbocycles. The Kier molecular flexibility index (Phi) is 13.9. The van der Waals surface area contributed by atoms with Crippen LogP contribution in [0.3, 0.4) is 0 Å².